The molecule has 7 nitrogen and oxygen atoms in total. The summed E-state index contributed by atoms with van der Waals surface area (Å²) < 4.78 is 24.2. The molecule has 0 aromatic heterocycles. The van der Waals surface area contributed by atoms with Gasteiger partial charge in [0.15, 0.2) is 18.5 Å². The third-order valence-electron chi connectivity index (χ3n) is 2.94. The Morgan fingerprint density at radius 2 is 1.86 bits per heavy atom. The van der Waals surface area contributed by atoms with E-state index < -0.39 is 46.6 Å². The molecule has 0 amide bonds. The molecule has 2 aliphatic heterocycles. The van der Waals surface area contributed by atoms with Crippen molar-refractivity contribution in [3.05, 3.63) is 12.2 Å². The smallest absolute Gasteiger partial charge is 0.330 e. The zero-order chi connectivity index (χ0) is 16.5. The quantitative estimate of drug-likeness (QED) is 0.420. The molecule has 0 bridgehead atoms. The van der Waals surface area contributed by atoms with Crippen LogP contribution >= 0.6 is 34.8 Å². The van der Waals surface area contributed by atoms with E-state index in [-0.39, 0.29) is 0 Å². The van der Waals surface area contributed by atoms with Gasteiger partial charge >= 0.3 is 11.9 Å². The molecule has 0 saturated carbocycles. The largest absolute Gasteiger partial charge is 0.466 e. The molecule has 2 aliphatic rings. The number of carbonyl (C=O) groups excluding carboxylic acids is 2. The van der Waals surface area contributed by atoms with E-state index in [4.69, 9.17) is 53.8 Å². The summed E-state index contributed by atoms with van der Waals surface area (Å²) in [6.07, 6.45) is -1.90. The van der Waals surface area contributed by atoms with Gasteiger partial charge in [-0.05, 0) is 6.08 Å². The van der Waals surface area contributed by atoms with Gasteiger partial charge in [-0.3, -0.25) is 4.79 Å². The lowest BCUT2D eigenvalue weighted by Crippen LogP contribution is -2.37. The average Bonchev–Trinajstić information content (AvgIpc) is 2.95. The lowest BCUT2D eigenvalue weighted by molar-refractivity contribution is -0.171. The first-order valence-corrected chi connectivity index (χ1v) is 7.32. The van der Waals surface area contributed by atoms with Crippen molar-refractivity contribution < 1.29 is 33.3 Å². The predicted octanol–water partition coefficient (Wildman–Crippen LogP) is 1.48. The first kappa shape index (κ1) is 17.8. The van der Waals surface area contributed by atoms with Gasteiger partial charge in [-0.25, -0.2) is 4.79 Å². The number of methoxy groups -OCH3 is 1. The maximum absolute atomic E-state index is 11.2. The normalized spacial score (nSPS) is 34.7. The fraction of sp³-hybridized carbons (Fsp3) is 0.667. The van der Waals surface area contributed by atoms with Gasteiger partial charge in [0.1, 0.15) is 6.10 Å². The van der Waals surface area contributed by atoms with Crippen LogP contribution in [0.4, 0.5) is 0 Å². The molecule has 0 radical (unpaired) electrons. The Balaban J connectivity index is 2.11. The van der Waals surface area contributed by atoms with Gasteiger partial charge in [0, 0.05) is 13.0 Å². The van der Waals surface area contributed by atoms with Crippen LogP contribution in [0.5, 0.6) is 0 Å². The van der Waals surface area contributed by atoms with Gasteiger partial charge in [0.2, 0.25) is 10.1 Å². The molecule has 2 fully saturated rings. The van der Waals surface area contributed by atoms with E-state index >= 15 is 0 Å². The molecule has 22 heavy (non-hydrogen) atoms. The van der Waals surface area contributed by atoms with Crippen molar-refractivity contribution in [2.24, 2.45) is 0 Å². The van der Waals surface area contributed by atoms with Crippen LogP contribution in [0.25, 0.3) is 0 Å². The molecule has 10 heteroatoms. The summed E-state index contributed by atoms with van der Waals surface area (Å²) in [6, 6.07) is 0. The third kappa shape index (κ3) is 4.04. The fourth-order valence-electron chi connectivity index (χ4n) is 2.08. The fourth-order valence-corrected chi connectivity index (χ4v) is 2.38. The summed E-state index contributed by atoms with van der Waals surface area (Å²) >= 11 is 17.1. The van der Waals surface area contributed by atoms with E-state index in [1.54, 1.807) is 0 Å². The van der Waals surface area contributed by atoms with E-state index in [9.17, 15) is 9.59 Å². The van der Waals surface area contributed by atoms with Gasteiger partial charge in [0.25, 0.3) is 0 Å². The van der Waals surface area contributed by atoms with Crippen molar-refractivity contribution >= 4 is 46.7 Å². The summed E-state index contributed by atoms with van der Waals surface area (Å²) in [5.41, 5.74) is 0. The van der Waals surface area contributed by atoms with E-state index in [1.165, 1.54) is 20.1 Å². The highest BCUT2D eigenvalue weighted by Crippen LogP contribution is 2.43. The van der Waals surface area contributed by atoms with Crippen molar-refractivity contribution in [1.29, 1.82) is 0 Å². The summed E-state index contributed by atoms with van der Waals surface area (Å²) in [5, 5.41) is 0. The number of alkyl halides is 3. The molecule has 124 valence electrons. The molecular weight excluding hydrogens is 362 g/mol. The Labute approximate surface area is 141 Å². The first-order chi connectivity index (χ1) is 10.2. The Kier molecular flexibility index (Phi) is 5.58. The molecule has 0 N–H and O–H groups in total. The van der Waals surface area contributed by atoms with Gasteiger partial charge in [-0.15, -0.1) is 0 Å². The molecule has 0 aromatic carbocycles. The Bertz CT molecular complexity index is 476. The van der Waals surface area contributed by atoms with Crippen molar-refractivity contribution in [2.45, 2.75) is 41.6 Å². The van der Waals surface area contributed by atoms with Crippen molar-refractivity contribution in [3.63, 3.8) is 0 Å². The number of hydrogen-bond donors (Lipinski definition) is 0. The lowest BCUT2D eigenvalue weighted by atomic mass is 10.1. The van der Waals surface area contributed by atoms with Crippen LogP contribution in [0.2, 0.25) is 0 Å². The first-order valence-electron chi connectivity index (χ1n) is 6.19. The Hall–Kier alpha value is -0.570. The number of halogens is 3. The number of hydrogen-bond acceptors (Lipinski definition) is 7. The number of ether oxygens (including phenoxy) is 5. The highest BCUT2D eigenvalue weighted by molar-refractivity contribution is 6.67. The van der Waals surface area contributed by atoms with Gasteiger partial charge < -0.3 is 23.7 Å². The molecule has 0 aliphatic carbocycles. The van der Waals surface area contributed by atoms with Crippen molar-refractivity contribution in [1.82, 2.24) is 0 Å². The molecule has 0 aromatic rings. The summed E-state index contributed by atoms with van der Waals surface area (Å²) in [7, 11) is 1.23. The van der Waals surface area contributed by atoms with Crippen LogP contribution < -0.4 is 0 Å². The minimum atomic E-state index is -1.81. The SMILES string of the molecule is COC(=O)/C=C/[C@@H]1O[C@@H]2O[C@@H](C(Cl)(Cl)Cl)O[C@@H]2[C@H]1OC(C)=O. The second-order valence-electron chi connectivity index (χ2n) is 4.54. The van der Waals surface area contributed by atoms with Gasteiger partial charge in [-0.1, -0.05) is 34.8 Å². The zero-order valence-corrected chi connectivity index (χ0v) is 13.8. The van der Waals surface area contributed by atoms with E-state index in [1.807, 2.05) is 0 Å². The highest BCUT2D eigenvalue weighted by Gasteiger charge is 2.57. The molecule has 0 unspecified atom stereocenters. The van der Waals surface area contributed by atoms with Crippen LogP contribution in [-0.4, -0.2) is 53.7 Å². The Morgan fingerprint density at radius 3 is 2.41 bits per heavy atom. The Morgan fingerprint density at radius 1 is 1.18 bits per heavy atom. The molecule has 2 heterocycles. The van der Waals surface area contributed by atoms with E-state index in [0.717, 1.165) is 6.08 Å². The molecule has 2 saturated heterocycles. The van der Waals surface area contributed by atoms with E-state index in [2.05, 4.69) is 4.74 Å². The highest BCUT2D eigenvalue weighted by atomic mass is 35.6. The number of rotatable bonds is 3. The van der Waals surface area contributed by atoms with Crippen LogP contribution in [-0.2, 0) is 33.3 Å². The zero-order valence-electron chi connectivity index (χ0n) is 11.5. The number of fused-ring (bicyclic) bond motifs is 1. The molecule has 0 spiro atoms. The maximum atomic E-state index is 11.2. The van der Waals surface area contributed by atoms with E-state index in [0.29, 0.717) is 0 Å². The summed E-state index contributed by atoms with van der Waals surface area (Å²) in [5.74, 6) is -1.13. The van der Waals surface area contributed by atoms with Crippen LogP contribution in [0, 0.1) is 0 Å². The number of esters is 2. The topological polar surface area (TPSA) is 80.3 Å². The monoisotopic (exact) mass is 374 g/mol. The molecule has 2 rings (SSSR count). The summed E-state index contributed by atoms with van der Waals surface area (Å²) in [4.78, 5) is 22.4. The summed E-state index contributed by atoms with van der Waals surface area (Å²) in [6.45, 7) is 1.23. The maximum Gasteiger partial charge on any atom is 0.330 e. The minimum Gasteiger partial charge on any atom is -0.466 e. The predicted molar refractivity (Wildman–Crippen MR) is 75.4 cm³/mol. The second-order valence-corrected chi connectivity index (χ2v) is 6.90. The van der Waals surface area contributed by atoms with Crippen molar-refractivity contribution in [3.8, 4) is 0 Å². The van der Waals surface area contributed by atoms with Gasteiger partial charge in [-0.2, -0.15) is 0 Å². The van der Waals surface area contributed by atoms with Crippen molar-refractivity contribution in [2.75, 3.05) is 7.11 Å². The standard InChI is InChI=1S/C12H13Cl3O7/c1-5(16)19-8-6(3-4-7(17)18-2)20-10-9(8)21-11(22-10)12(13,14)15/h3-4,6,8-11H,1-2H3/b4-3+/t6-,8-,9+,10+,11-/m0/s1. The van der Waals surface area contributed by atoms with Crippen LogP contribution in [0.15, 0.2) is 12.2 Å². The second kappa shape index (κ2) is 6.90. The molecular formula is C12H13Cl3O7. The third-order valence-corrected chi connectivity index (χ3v) is 3.47. The van der Waals surface area contributed by atoms with Gasteiger partial charge in [0.05, 0.1) is 7.11 Å². The average molecular weight is 376 g/mol. The van der Waals surface area contributed by atoms with Crippen LogP contribution in [0.1, 0.15) is 6.92 Å². The lowest BCUT2D eigenvalue weighted by Gasteiger charge is -2.23. The number of carbonyl (C=O) groups is 2. The molecule has 5 atom stereocenters. The van der Waals surface area contributed by atoms with Crippen LogP contribution in [0.3, 0.4) is 0 Å². The minimum absolute atomic E-state index is 0.549.